The fraction of sp³-hybridized carbons (Fsp3) is 0.474. The van der Waals surface area contributed by atoms with Gasteiger partial charge in [-0.25, -0.2) is 9.78 Å². The number of rotatable bonds is 3. The molecule has 1 aliphatic heterocycles. The Labute approximate surface area is 148 Å². The molecule has 2 heterocycles. The van der Waals surface area contributed by atoms with Crippen molar-refractivity contribution < 1.29 is 9.90 Å². The number of hydrogen-bond donors (Lipinski definition) is 2. The zero-order valence-electron chi connectivity index (χ0n) is 15.0. The molecule has 1 aliphatic rings. The number of benzene rings is 1. The third-order valence-electron chi connectivity index (χ3n) is 5.04. The highest BCUT2D eigenvalue weighted by Crippen LogP contribution is 2.19. The normalized spacial score (nSPS) is 21.8. The lowest BCUT2D eigenvalue weighted by Crippen LogP contribution is -2.50. The van der Waals surface area contributed by atoms with E-state index in [4.69, 9.17) is 0 Å². The number of amides is 2. The number of carbonyl (C=O) groups is 1. The van der Waals surface area contributed by atoms with Gasteiger partial charge in [-0.15, -0.1) is 0 Å². The lowest BCUT2D eigenvalue weighted by Gasteiger charge is -2.35. The van der Waals surface area contributed by atoms with Crippen molar-refractivity contribution in [3.05, 3.63) is 48.0 Å². The minimum atomic E-state index is -0.437. The predicted octanol–water partition coefficient (Wildman–Crippen LogP) is 2.65. The summed E-state index contributed by atoms with van der Waals surface area (Å²) in [6.45, 7) is 7.04. The van der Waals surface area contributed by atoms with E-state index in [0.717, 1.165) is 23.5 Å². The molecule has 134 valence electrons. The van der Waals surface area contributed by atoms with Crippen LogP contribution in [0.5, 0.6) is 0 Å². The van der Waals surface area contributed by atoms with Crippen LogP contribution in [0.1, 0.15) is 37.7 Å². The van der Waals surface area contributed by atoms with E-state index >= 15 is 0 Å². The summed E-state index contributed by atoms with van der Waals surface area (Å²) < 4.78 is 2.02. The molecule has 0 saturated carbocycles. The Balaban J connectivity index is 1.62. The molecule has 2 N–H and O–H groups in total. The number of β-amino-alcohol motifs (C(OH)–C–C–N with tert-alkyl or cyclic N) is 1. The first-order valence-electron chi connectivity index (χ1n) is 8.79. The van der Waals surface area contributed by atoms with Gasteiger partial charge in [-0.1, -0.05) is 19.1 Å². The molecule has 0 spiro atoms. The third kappa shape index (κ3) is 3.85. The van der Waals surface area contributed by atoms with Crippen molar-refractivity contribution in [3.8, 4) is 5.69 Å². The molecule has 1 aromatic carbocycles. The fourth-order valence-corrected chi connectivity index (χ4v) is 3.17. The van der Waals surface area contributed by atoms with Crippen molar-refractivity contribution in [2.75, 3.05) is 13.1 Å². The number of likely N-dealkylation sites (tertiary alicyclic amines) is 1. The summed E-state index contributed by atoms with van der Waals surface area (Å²) >= 11 is 0. The van der Waals surface area contributed by atoms with Gasteiger partial charge in [0.15, 0.2) is 0 Å². The van der Waals surface area contributed by atoms with E-state index in [-0.39, 0.29) is 18.0 Å². The first-order valence-corrected chi connectivity index (χ1v) is 8.79. The van der Waals surface area contributed by atoms with Crippen LogP contribution in [-0.4, -0.2) is 44.8 Å². The number of nitrogens with one attached hydrogen (secondary N) is 1. The summed E-state index contributed by atoms with van der Waals surface area (Å²) in [4.78, 5) is 18.4. The summed E-state index contributed by atoms with van der Waals surface area (Å²) in [5, 5.41) is 13.0. The molecule has 3 rings (SSSR count). The minimum Gasteiger partial charge on any atom is -0.391 e. The van der Waals surface area contributed by atoms with Gasteiger partial charge in [0.25, 0.3) is 0 Å². The van der Waals surface area contributed by atoms with E-state index < -0.39 is 6.10 Å². The molecule has 2 amide bonds. The fourth-order valence-electron chi connectivity index (χ4n) is 3.17. The number of aliphatic hydroxyl groups excluding tert-OH is 1. The summed E-state index contributed by atoms with van der Waals surface area (Å²) in [6.07, 6.45) is 4.10. The van der Waals surface area contributed by atoms with Gasteiger partial charge in [-0.2, -0.15) is 0 Å². The monoisotopic (exact) mass is 342 g/mol. The van der Waals surface area contributed by atoms with E-state index in [1.165, 1.54) is 0 Å². The van der Waals surface area contributed by atoms with Crippen molar-refractivity contribution in [3.63, 3.8) is 0 Å². The maximum Gasteiger partial charge on any atom is 0.317 e. The van der Waals surface area contributed by atoms with Crippen LogP contribution < -0.4 is 5.32 Å². The molecule has 2 aromatic rings. The van der Waals surface area contributed by atoms with Gasteiger partial charge in [0.05, 0.1) is 12.1 Å². The number of hydrogen-bond acceptors (Lipinski definition) is 3. The van der Waals surface area contributed by atoms with E-state index in [1.807, 2.05) is 55.8 Å². The average Bonchev–Trinajstić information content (AvgIpc) is 3.03. The molecule has 0 aliphatic carbocycles. The number of aliphatic hydroxyl groups is 1. The van der Waals surface area contributed by atoms with Crippen LogP contribution in [0.4, 0.5) is 4.79 Å². The summed E-state index contributed by atoms with van der Waals surface area (Å²) in [5.41, 5.74) is 2.09. The van der Waals surface area contributed by atoms with E-state index in [9.17, 15) is 9.90 Å². The molecule has 1 saturated heterocycles. The zero-order valence-corrected chi connectivity index (χ0v) is 15.0. The second-order valence-corrected chi connectivity index (χ2v) is 6.89. The van der Waals surface area contributed by atoms with Crippen molar-refractivity contribution in [1.29, 1.82) is 0 Å². The molecule has 0 bridgehead atoms. The molecule has 25 heavy (non-hydrogen) atoms. The number of carbonyl (C=O) groups excluding carboxylic acids is 1. The van der Waals surface area contributed by atoms with Crippen LogP contribution in [-0.2, 0) is 0 Å². The highest BCUT2D eigenvalue weighted by molar-refractivity contribution is 5.74. The smallest absolute Gasteiger partial charge is 0.317 e. The Kier molecular flexibility index (Phi) is 5.08. The largest absolute Gasteiger partial charge is 0.391 e. The molecule has 0 radical (unpaired) electrons. The Bertz CT molecular complexity index is 725. The van der Waals surface area contributed by atoms with Crippen molar-refractivity contribution in [2.45, 2.75) is 39.3 Å². The quantitative estimate of drug-likeness (QED) is 0.901. The van der Waals surface area contributed by atoms with E-state index in [0.29, 0.717) is 13.1 Å². The number of piperidine rings is 1. The number of imidazole rings is 1. The standard InChI is InChI=1S/C19H26N4O2/c1-13-8-10-22(12-18(13)24)19(25)21-14(2)16-4-6-17(7-5-16)23-11-9-20-15(23)3/h4-7,9,11,13-14,18,24H,8,10,12H2,1-3H3,(H,21,25). The average molecular weight is 342 g/mol. The first-order chi connectivity index (χ1) is 12.0. The van der Waals surface area contributed by atoms with Gasteiger partial charge in [0, 0.05) is 31.2 Å². The number of nitrogens with zero attached hydrogens (tertiary/aromatic N) is 3. The Hall–Kier alpha value is -2.34. The lowest BCUT2D eigenvalue weighted by molar-refractivity contribution is 0.0431. The molecule has 1 aromatic heterocycles. The van der Waals surface area contributed by atoms with Crippen LogP contribution in [0.2, 0.25) is 0 Å². The SMILES string of the molecule is Cc1nccn1-c1ccc(C(C)NC(=O)N2CCC(C)C(O)C2)cc1. The van der Waals surface area contributed by atoms with Crippen LogP contribution in [0.25, 0.3) is 5.69 Å². The molecular formula is C19H26N4O2. The van der Waals surface area contributed by atoms with Crippen LogP contribution in [0.3, 0.4) is 0 Å². The zero-order chi connectivity index (χ0) is 18.0. The van der Waals surface area contributed by atoms with E-state index in [1.54, 1.807) is 11.1 Å². The molecular weight excluding hydrogens is 316 g/mol. The molecule has 3 atom stereocenters. The second-order valence-electron chi connectivity index (χ2n) is 6.89. The second kappa shape index (κ2) is 7.27. The van der Waals surface area contributed by atoms with Gasteiger partial charge in [-0.05, 0) is 43.9 Å². The van der Waals surface area contributed by atoms with E-state index in [2.05, 4.69) is 10.3 Å². The summed E-state index contributed by atoms with van der Waals surface area (Å²) in [5.74, 6) is 1.19. The predicted molar refractivity (Wildman–Crippen MR) is 96.6 cm³/mol. The van der Waals surface area contributed by atoms with Crippen LogP contribution >= 0.6 is 0 Å². The van der Waals surface area contributed by atoms with Gasteiger partial charge in [0.2, 0.25) is 0 Å². The van der Waals surface area contributed by atoms with Gasteiger partial charge < -0.3 is 19.9 Å². The third-order valence-corrected chi connectivity index (χ3v) is 5.04. The highest BCUT2D eigenvalue weighted by atomic mass is 16.3. The topological polar surface area (TPSA) is 70.4 Å². The van der Waals surface area contributed by atoms with Crippen molar-refractivity contribution >= 4 is 6.03 Å². The number of urea groups is 1. The maximum atomic E-state index is 12.4. The summed E-state index contributed by atoms with van der Waals surface area (Å²) in [6, 6.07) is 7.88. The highest BCUT2D eigenvalue weighted by Gasteiger charge is 2.27. The number of aryl methyl sites for hydroxylation is 1. The minimum absolute atomic E-state index is 0.0954. The van der Waals surface area contributed by atoms with Gasteiger partial charge in [-0.3, -0.25) is 0 Å². The Morgan fingerprint density at radius 3 is 2.68 bits per heavy atom. The van der Waals surface area contributed by atoms with Crippen molar-refractivity contribution in [2.24, 2.45) is 5.92 Å². The molecule has 6 heteroatoms. The Morgan fingerprint density at radius 1 is 1.36 bits per heavy atom. The number of aromatic nitrogens is 2. The van der Waals surface area contributed by atoms with Gasteiger partial charge >= 0.3 is 6.03 Å². The molecule has 6 nitrogen and oxygen atoms in total. The first kappa shape index (κ1) is 17.5. The van der Waals surface area contributed by atoms with Crippen molar-refractivity contribution in [1.82, 2.24) is 19.8 Å². The van der Waals surface area contributed by atoms with Crippen LogP contribution in [0.15, 0.2) is 36.7 Å². The lowest BCUT2D eigenvalue weighted by atomic mass is 9.96. The Morgan fingerprint density at radius 2 is 2.08 bits per heavy atom. The van der Waals surface area contributed by atoms with Gasteiger partial charge in [0.1, 0.15) is 5.82 Å². The maximum absolute atomic E-state index is 12.4. The summed E-state index contributed by atoms with van der Waals surface area (Å²) in [7, 11) is 0. The molecule has 3 unspecified atom stereocenters. The van der Waals surface area contributed by atoms with Crippen LogP contribution in [0, 0.1) is 12.8 Å². The molecule has 1 fully saturated rings.